The molecule has 1 heterocycles. The maximum absolute atomic E-state index is 12.3. The van der Waals surface area contributed by atoms with Crippen LogP contribution < -0.4 is 18.4 Å². The summed E-state index contributed by atoms with van der Waals surface area (Å²) in [7, 11) is 3.29. The fourth-order valence-electron chi connectivity index (χ4n) is 2.00. The van der Waals surface area contributed by atoms with E-state index in [9.17, 15) is 3.83 Å². The zero-order valence-corrected chi connectivity index (χ0v) is 12.8. The molecule has 2 aromatic rings. The Morgan fingerprint density at radius 3 is 2.35 bits per heavy atom. The first-order valence-corrected chi connectivity index (χ1v) is 11.8. The average molecular weight is 360 g/mol. The van der Waals surface area contributed by atoms with Gasteiger partial charge in [0.05, 0.1) is 0 Å². The number of ether oxygens (including phenoxy) is 2. The Bertz CT molecular complexity index is 632. The van der Waals surface area contributed by atoms with Gasteiger partial charge in [0.25, 0.3) is 0 Å². The Morgan fingerprint density at radius 2 is 1.71 bits per heavy atom. The molecular weight excluding hydrogens is 350 g/mol. The van der Waals surface area contributed by atoms with E-state index in [1.807, 2.05) is 24.3 Å². The average Bonchev–Trinajstić information content (AvgIpc) is 2.70. The third-order valence-electron chi connectivity index (χ3n) is 2.78. The summed E-state index contributed by atoms with van der Waals surface area (Å²) in [6.45, 7) is 0. The van der Waals surface area contributed by atoms with E-state index in [-0.39, 0.29) is 13.1 Å². The van der Waals surface area contributed by atoms with Crippen molar-refractivity contribution in [3.8, 4) is 11.5 Å². The van der Waals surface area contributed by atoms with E-state index in [1.165, 1.54) is 0 Å². The van der Waals surface area contributed by atoms with Crippen LogP contribution in [0.15, 0.2) is 24.3 Å². The van der Waals surface area contributed by atoms with Gasteiger partial charge in [-0.15, -0.1) is 0 Å². The molecule has 0 saturated heterocycles. The summed E-state index contributed by atoms with van der Waals surface area (Å²) in [6.07, 6.45) is 0. The molecule has 3 nitrogen and oxygen atoms in total. The van der Waals surface area contributed by atoms with Crippen LogP contribution in [0.25, 0.3) is 10.8 Å². The molecule has 1 unspecified atom stereocenters. The molecule has 1 atom stereocenters. The van der Waals surface area contributed by atoms with Crippen molar-refractivity contribution in [1.29, 1.82) is 0 Å². The minimum absolute atomic E-state index is 0.00181. The molecule has 5 heteroatoms. The van der Waals surface area contributed by atoms with E-state index in [1.54, 1.807) is 14.2 Å². The molecular formula is C12H10O3Se2. The van der Waals surface area contributed by atoms with Crippen LogP contribution in [0.4, 0.5) is 0 Å². The molecule has 3 rings (SSSR count). The van der Waals surface area contributed by atoms with E-state index in [0.29, 0.717) is 0 Å². The number of hydrogen-bond acceptors (Lipinski definition) is 3. The SMILES string of the molecule is COc1ccc2ccc(OC)c3c2c1[Se][Se]3=O. The maximum atomic E-state index is 12.3. The number of rotatable bonds is 2. The van der Waals surface area contributed by atoms with Crippen molar-refractivity contribution in [2.24, 2.45) is 0 Å². The second-order valence-electron chi connectivity index (χ2n) is 3.61. The van der Waals surface area contributed by atoms with Crippen molar-refractivity contribution in [2.45, 2.75) is 0 Å². The molecule has 0 aromatic heterocycles. The van der Waals surface area contributed by atoms with Crippen molar-refractivity contribution in [2.75, 3.05) is 14.2 Å². The van der Waals surface area contributed by atoms with Crippen LogP contribution >= 0.6 is 0 Å². The normalized spacial score (nSPS) is 17.4. The Hall–Kier alpha value is -0.861. The van der Waals surface area contributed by atoms with E-state index in [0.717, 1.165) is 31.2 Å². The van der Waals surface area contributed by atoms with E-state index in [4.69, 9.17) is 9.47 Å². The summed E-state index contributed by atoms with van der Waals surface area (Å²) in [5.74, 6) is 1.61. The first-order valence-electron chi connectivity index (χ1n) is 5.04. The van der Waals surface area contributed by atoms with Gasteiger partial charge in [0.2, 0.25) is 0 Å². The van der Waals surface area contributed by atoms with Gasteiger partial charge in [0.15, 0.2) is 0 Å². The van der Waals surface area contributed by atoms with Crippen LogP contribution in [0, 0.1) is 0 Å². The second kappa shape index (κ2) is 4.11. The molecule has 2 aromatic carbocycles. The van der Waals surface area contributed by atoms with Gasteiger partial charge >= 0.3 is 108 Å². The monoisotopic (exact) mass is 362 g/mol. The predicted molar refractivity (Wildman–Crippen MR) is 68.5 cm³/mol. The first-order chi connectivity index (χ1) is 8.26. The summed E-state index contributed by atoms with van der Waals surface area (Å²) in [5, 5.41) is 2.23. The van der Waals surface area contributed by atoms with Gasteiger partial charge in [-0.25, -0.2) is 0 Å². The quantitative estimate of drug-likeness (QED) is 0.725. The summed E-state index contributed by atoms with van der Waals surface area (Å²) in [6, 6.07) is 7.89. The number of methoxy groups -OCH3 is 2. The molecule has 0 spiro atoms. The molecule has 0 fully saturated rings. The van der Waals surface area contributed by atoms with Gasteiger partial charge in [0, 0.05) is 0 Å². The Morgan fingerprint density at radius 1 is 1.06 bits per heavy atom. The topological polar surface area (TPSA) is 35.5 Å². The molecule has 0 amide bonds. The van der Waals surface area contributed by atoms with Crippen molar-refractivity contribution >= 4 is 44.8 Å². The van der Waals surface area contributed by atoms with Crippen molar-refractivity contribution < 1.29 is 13.3 Å². The number of benzene rings is 2. The van der Waals surface area contributed by atoms with Crippen LogP contribution in [-0.2, 0) is 3.83 Å². The first kappa shape index (κ1) is 11.2. The van der Waals surface area contributed by atoms with Crippen molar-refractivity contribution in [1.82, 2.24) is 0 Å². The zero-order chi connectivity index (χ0) is 12.0. The minimum atomic E-state index is -1.97. The number of hydrogen-bond donors (Lipinski definition) is 0. The summed E-state index contributed by atoms with van der Waals surface area (Å²) in [4.78, 5) is 0. The third kappa shape index (κ3) is 1.54. The molecule has 1 aliphatic heterocycles. The van der Waals surface area contributed by atoms with Crippen LogP contribution in [-0.4, -0.2) is 39.4 Å². The van der Waals surface area contributed by atoms with Gasteiger partial charge in [-0.05, 0) is 0 Å². The molecule has 17 heavy (non-hydrogen) atoms. The molecule has 88 valence electrons. The van der Waals surface area contributed by atoms with Gasteiger partial charge < -0.3 is 0 Å². The Balaban J connectivity index is 2.45. The van der Waals surface area contributed by atoms with Crippen LogP contribution in [0.5, 0.6) is 11.5 Å². The molecule has 1 aliphatic rings. The third-order valence-corrected chi connectivity index (χ3v) is 11.1. The molecule has 0 radical (unpaired) electrons. The standard InChI is InChI=1S/C12H10O3Se2/c1-14-8-5-3-7-4-6-9(15-2)12-10(7)11(8)16-17(12)13/h3-6H,1-2H3. The van der Waals surface area contributed by atoms with Gasteiger partial charge in [-0.3, -0.25) is 0 Å². The van der Waals surface area contributed by atoms with Gasteiger partial charge in [-0.2, -0.15) is 0 Å². The van der Waals surface area contributed by atoms with Gasteiger partial charge in [-0.1, -0.05) is 0 Å². The Labute approximate surface area is 108 Å². The van der Waals surface area contributed by atoms with E-state index >= 15 is 0 Å². The van der Waals surface area contributed by atoms with Crippen LogP contribution in [0.1, 0.15) is 0 Å². The molecule has 0 saturated carbocycles. The summed E-state index contributed by atoms with van der Waals surface area (Å²) < 4.78 is 25.0. The second-order valence-corrected chi connectivity index (χ2v) is 11.8. The molecule has 0 N–H and O–H groups in total. The predicted octanol–water partition coefficient (Wildman–Crippen LogP) is 0.326. The molecule has 0 aliphatic carbocycles. The van der Waals surface area contributed by atoms with Crippen LogP contribution in [0.2, 0.25) is 0 Å². The van der Waals surface area contributed by atoms with Crippen LogP contribution in [0.3, 0.4) is 0 Å². The van der Waals surface area contributed by atoms with Gasteiger partial charge in [0.1, 0.15) is 0 Å². The summed E-state index contributed by atoms with van der Waals surface area (Å²) >= 11 is -1.97. The zero-order valence-electron chi connectivity index (χ0n) is 9.35. The Kier molecular flexibility index (Phi) is 2.72. The fraction of sp³-hybridized carbons (Fsp3) is 0.167. The molecule has 0 bridgehead atoms. The van der Waals surface area contributed by atoms with E-state index < -0.39 is 12.0 Å². The van der Waals surface area contributed by atoms with Crippen molar-refractivity contribution in [3.63, 3.8) is 0 Å². The summed E-state index contributed by atoms with van der Waals surface area (Å²) in [5.41, 5.74) is 0. The van der Waals surface area contributed by atoms with Crippen molar-refractivity contribution in [3.05, 3.63) is 24.3 Å². The van der Waals surface area contributed by atoms with E-state index in [2.05, 4.69) is 0 Å². The fourth-order valence-corrected chi connectivity index (χ4v) is 11.6.